The largest absolute Gasteiger partial charge is 0.367 e. The molecule has 1 heterocycles. The van der Waals surface area contributed by atoms with Gasteiger partial charge in [-0.05, 0) is 31.4 Å². The highest BCUT2D eigenvalue weighted by atomic mass is 127. The number of guanidine groups is 1. The minimum atomic E-state index is 0. The van der Waals surface area contributed by atoms with Gasteiger partial charge in [0.1, 0.15) is 0 Å². The summed E-state index contributed by atoms with van der Waals surface area (Å²) in [5.41, 5.74) is 1.10. The molecular weight excluding hydrogens is 477 g/mol. The van der Waals surface area contributed by atoms with Crippen LogP contribution in [0.25, 0.3) is 0 Å². The van der Waals surface area contributed by atoms with Crippen LogP contribution in [0.1, 0.15) is 25.7 Å². The zero-order valence-electron chi connectivity index (χ0n) is 15.8. The Morgan fingerprint density at radius 1 is 1.22 bits per heavy atom. The van der Waals surface area contributed by atoms with Crippen LogP contribution in [0, 0.1) is 0 Å². The predicted molar refractivity (Wildman–Crippen MR) is 122 cm³/mol. The number of rotatable bonds is 6. The molecule has 2 fully saturated rings. The van der Waals surface area contributed by atoms with E-state index in [2.05, 4.69) is 31.5 Å². The van der Waals surface area contributed by atoms with Crippen LogP contribution in [0.15, 0.2) is 29.3 Å². The van der Waals surface area contributed by atoms with E-state index >= 15 is 0 Å². The van der Waals surface area contributed by atoms with Gasteiger partial charge >= 0.3 is 0 Å². The third-order valence-electron chi connectivity index (χ3n) is 4.79. The van der Waals surface area contributed by atoms with Crippen LogP contribution in [-0.2, 0) is 4.79 Å². The van der Waals surface area contributed by atoms with Gasteiger partial charge in [-0.2, -0.15) is 0 Å². The first-order valence-corrected chi connectivity index (χ1v) is 9.79. The zero-order chi connectivity index (χ0) is 18.4. The molecule has 0 spiro atoms. The lowest BCUT2D eigenvalue weighted by Gasteiger charge is -2.38. The van der Waals surface area contributed by atoms with Crippen LogP contribution < -0.4 is 15.5 Å². The number of halogens is 2. The Morgan fingerprint density at radius 3 is 2.56 bits per heavy atom. The van der Waals surface area contributed by atoms with Crippen molar-refractivity contribution in [1.29, 1.82) is 0 Å². The Balaban J connectivity index is 0.00000261. The van der Waals surface area contributed by atoms with Gasteiger partial charge in [0, 0.05) is 52.2 Å². The van der Waals surface area contributed by atoms with Gasteiger partial charge in [0.15, 0.2) is 5.96 Å². The minimum absolute atomic E-state index is 0. The second-order valence-corrected chi connectivity index (χ2v) is 7.25. The number of anilines is 1. The third-order valence-corrected chi connectivity index (χ3v) is 5.11. The summed E-state index contributed by atoms with van der Waals surface area (Å²) in [6.07, 6.45) is 3.66. The van der Waals surface area contributed by atoms with E-state index < -0.39 is 0 Å². The lowest BCUT2D eigenvalue weighted by Crippen LogP contribution is -2.52. The van der Waals surface area contributed by atoms with Crippen molar-refractivity contribution in [3.8, 4) is 0 Å². The molecule has 1 amide bonds. The Morgan fingerprint density at radius 2 is 1.93 bits per heavy atom. The molecule has 3 rings (SSSR count). The Hall–Kier alpha value is -1.22. The summed E-state index contributed by atoms with van der Waals surface area (Å²) >= 11 is 6.31. The first kappa shape index (κ1) is 22.1. The molecule has 2 N–H and O–H groups in total. The standard InChI is InChI=1S/C19H28ClN5O.HI/c1-21-19(22-10-4-7-18(26)23-15-8-9-15)25-13-11-24(12-14-25)17-6-3-2-5-16(17)20;/h2-3,5-6,15H,4,7-14H2,1H3,(H,21,22)(H,23,26);1H. The molecule has 1 saturated heterocycles. The van der Waals surface area contributed by atoms with Gasteiger partial charge in [0.25, 0.3) is 0 Å². The van der Waals surface area contributed by atoms with Gasteiger partial charge in [0.2, 0.25) is 5.91 Å². The number of hydrogen-bond acceptors (Lipinski definition) is 3. The van der Waals surface area contributed by atoms with Crippen LogP contribution >= 0.6 is 35.6 Å². The molecule has 0 radical (unpaired) electrons. The number of hydrogen-bond donors (Lipinski definition) is 2. The van der Waals surface area contributed by atoms with E-state index in [0.29, 0.717) is 12.5 Å². The molecule has 1 aromatic carbocycles. The van der Waals surface area contributed by atoms with E-state index in [-0.39, 0.29) is 29.9 Å². The molecule has 0 bridgehead atoms. The molecule has 2 aliphatic rings. The monoisotopic (exact) mass is 505 g/mol. The molecule has 6 nitrogen and oxygen atoms in total. The van der Waals surface area contributed by atoms with Crippen LogP contribution in [0.5, 0.6) is 0 Å². The van der Waals surface area contributed by atoms with E-state index in [4.69, 9.17) is 11.6 Å². The average molecular weight is 506 g/mol. The molecule has 27 heavy (non-hydrogen) atoms. The smallest absolute Gasteiger partial charge is 0.220 e. The lowest BCUT2D eigenvalue weighted by atomic mass is 10.2. The molecule has 8 heteroatoms. The van der Waals surface area contributed by atoms with Crippen molar-refractivity contribution in [3.63, 3.8) is 0 Å². The maximum atomic E-state index is 11.7. The molecule has 1 saturated carbocycles. The minimum Gasteiger partial charge on any atom is -0.367 e. The quantitative estimate of drug-likeness (QED) is 0.270. The summed E-state index contributed by atoms with van der Waals surface area (Å²) in [4.78, 5) is 20.7. The summed E-state index contributed by atoms with van der Waals surface area (Å²) in [6, 6.07) is 8.42. The Labute approximate surface area is 183 Å². The number of benzene rings is 1. The number of piperazine rings is 1. The predicted octanol–water partition coefficient (Wildman–Crippen LogP) is 2.71. The topological polar surface area (TPSA) is 60.0 Å². The van der Waals surface area contributed by atoms with Gasteiger partial charge in [-0.15, -0.1) is 24.0 Å². The van der Waals surface area contributed by atoms with Gasteiger partial charge in [-0.3, -0.25) is 9.79 Å². The maximum absolute atomic E-state index is 11.7. The van der Waals surface area contributed by atoms with Crippen LogP contribution in [-0.4, -0.2) is 62.6 Å². The van der Waals surface area contributed by atoms with Crippen molar-refractivity contribution in [2.45, 2.75) is 31.7 Å². The van der Waals surface area contributed by atoms with Crippen molar-refractivity contribution >= 4 is 53.1 Å². The van der Waals surface area contributed by atoms with Crippen LogP contribution in [0.3, 0.4) is 0 Å². The molecule has 1 aliphatic carbocycles. The van der Waals surface area contributed by atoms with Crippen molar-refractivity contribution in [1.82, 2.24) is 15.5 Å². The number of amides is 1. The van der Waals surface area contributed by atoms with E-state index in [0.717, 1.165) is 68.7 Å². The average Bonchev–Trinajstić information content (AvgIpc) is 3.46. The number of para-hydroxylation sites is 1. The van der Waals surface area contributed by atoms with Crippen LogP contribution in [0.2, 0.25) is 5.02 Å². The molecule has 0 unspecified atom stereocenters. The highest BCUT2D eigenvalue weighted by Crippen LogP contribution is 2.26. The fraction of sp³-hybridized carbons (Fsp3) is 0.579. The number of aliphatic imine (C=N–C) groups is 1. The fourth-order valence-corrected chi connectivity index (χ4v) is 3.43. The highest BCUT2D eigenvalue weighted by molar-refractivity contribution is 14.0. The number of nitrogens with one attached hydrogen (secondary N) is 2. The first-order valence-electron chi connectivity index (χ1n) is 9.42. The SMILES string of the molecule is CN=C(NCCCC(=O)NC1CC1)N1CCN(c2ccccc2Cl)CC1.I. The van der Waals surface area contributed by atoms with Crippen molar-refractivity contribution < 1.29 is 4.79 Å². The number of carbonyl (C=O) groups excluding carboxylic acids is 1. The number of nitrogens with zero attached hydrogens (tertiary/aromatic N) is 3. The van der Waals surface area contributed by atoms with E-state index in [1.165, 1.54) is 0 Å². The summed E-state index contributed by atoms with van der Waals surface area (Å²) < 4.78 is 0. The van der Waals surface area contributed by atoms with E-state index in [1.54, 1.807) is 0 Å². The van der Waals surface area contributed by atoms with E-state index in [1.807, 2.05) is 25.2 Å². The fourth-order valence-electron chi connectivity index (χ4n) is 3.18. The molecule has 1 aromatic rings. The Bertz CT molecular complexity index is 645. The molecular formula is C19H29ClIN5O. The molecule has 0 aromatic heterocycles. The van der Waals surface area contributed by atoms with Gasteiger partial charge < -0.3 is 20.4 Å². The summed E-state index contributed by atoms with van der Waals surface area (Å²) in [7, 11) is 1.81. The molecule has 0 atom stereocenters. The van der Waals surface area contributed by atoms with Gasteiger partial charge in [-0.25, -0.2) is 0 Å². The van der Waals surface area contributed by atoms with Crippen molar-refractivity contribution in [2.75, 3.05) is 44.7 Å². The second-order valence-electron chi connectivity index (χ2n) is 6.84. The Kier molecular flexibility index (Phi) is 8.95. The summed E-state index contributed by atoms with van der Waals surface area (Å²) in [5.74, 6) is 1.07. The molecule has 150 valence electrons. The second kappa shape index (κ2) is 10.9. The lowest BCUT2D eigenvalue weighted by molar-refractivity contribution is -0.121. The van der Waals surface area contributed by atoms with Crippen molar-refractivity contribution in [3.05, 3.63) is 29.3 Å². The van der Waals surface area contributed by atoms with Gasteiger partial charge in [0.05, 0.1) is 10.7 Å². The summed E-state index contributed by atoms with van der Waals surface area (Å²) in [6.45, 7) is 4.37. The maximum Gasteiger partial charge on any atom is 0.220 e. The normalized spacial score (nSPS) is 17.3. The number of carbonyl (C=O) groups is 1. The first-order chi connectivity index (χ1) is 12.7. The summed E-state index contributed by atoms with van der Waals surface area (Å²) in [5, 5.41) is 7.20. The van der Waals surface area contributed by atoms with E-state index in [9.17, 15) is 4.79 Å². The van der Waals surface area contributed by atoms with Crippen LogP contribution in [0.4, 0.5) is 5.69 Å². The van der Waals surface area contributed by atoms with Crippen molar-refractivity contribution in [2.24, 2.45) is 4.99 Å². The zero-order valence-corrected chi connectivity index (χ0v) is 18.9. The molecule has 1 aliphatic heterocycles. The third kappa shape index (κ3) is 6.71. The van der Waals surface area contributed by atoms with Gasteiger partial charge in [-0.1, -0.05) is 23.7 Å². The highest BCUT2D eigenvalue weighted by Gasteiger charge is 2.23.